The van der Waals surface area contributed by atoms with Gasteiger partial charge >= 0.3 is 0 Å². The molecule has 0 unspecified atom stereocenters. The molecule has 0 aromatic carbocycles. The fraction of sp³-hybridized carbons (Fsp3) is 0.727. The number of ether oxygens (including phenoxy) is 1. The van der Waals surface area contributed by atoms with Crippen molar-refractivity contribution in [3.05, 3.63) is 11.8 Å². The maximum Gasteiger partial charge on any atom is 0.149 e. The van der Waals surface area contributed by atoms with Crippen LogP contribution in [0.15, 0.2) is 11.8 Å². The first-order valence-corrected chi connectivity index (χ1v) is 5.11. The van der Waals surface area contributed by atoms with E-state index >= 15 is 0 Å². The molecule has 0 saturated carbocycles. The van der Waals surface area contributed by atoms with Gasteiger partial charge in [-0.3, -0.25) is 4.79 Å². The Morgan fingerprint density at radius 3 is 2.54 bits per heavy atom. The standard InChI is InChI=1S/C11H20O2/c1-3-5-6-7-8-11(9-12)10-13-4-2/h9-10H,3-8H2,1-2H3/b11-10-. The number of carbonyl (C=O) groups excluding carboxylic acids is 1. The maximum atomic E-state index is 10.5. The van der Waals surface area contributed by atoms with E-state index in [2.05, 4.69) is 6.92 Å². The molecule has 0 atom stereocenters. The van der Waals surface area contributed by atoms with E-state index in [0.717, 1.165) is 24.7 Å². The van der Waals surface area contributed by atoms with Gasteiger partial charge in [0, 0.05) is 5.57 Å². The van der Waals surface area contributed by atoms with Crippen molar-refractivity contribution in [2.75, 3.05) is 6.61 Å². The fourth-order valence-electron chi connectivity index (χ4n) is 1.09. The molecule has 0 N–H and O–H groups in total. The Balaban J connectivity index is 3.53. The monoisotopic (exact) mass is 184 g/mol. The molecule has 0 aromatic heterocycles. The highest BCUT2D eigenvalue weighted by Gasteiger charge is 1.95. The predicted molar refractivity (Wildman–Crippen MR) is 54.5 cm³/mol. The molecule has 0 heterocycles. The molecular weight excluding hydrogens is 164 g/mol. The van der Waals surface area contributed by atoms with Gasteiger partial charge in [-0.2, -0.15) is 0 Å². The van der Waals surface area contributed by atoms with Gasteiger partial charge in [-0.15, -0.1) is 0 Å². The smallest absolute Gasteiger partial charge is 0.149 e. The van der Waals surface area contributed by atoms with Crippen LogP contribution in [0.2, 0.25) is 0 Å². The summed E-state index contributed by atoms with van der Waals surface area (Å²) in [4.78, 5) is 10.5. The summed E-state index contributed by atoms with van der Waals surface area (Å²) in [5.41, 5.74) is 0.776. The van der Waals surface area contributed by atoms with Crippen molar-refractivity contribution in [3.8, 4) is 0 Å². The van der Waals surface area contributed by atoms with E-state index in [9.17, 15) is 4.79 Å². The molecule has 0 saturated heterocycles. The van der Waals surface area contributed by atoms with Gasteiger partial charge in [0.1, 0.15) is 6.29 Å². The lowest BCUT2D eigenvalue weighted by molar-refractivity contribution is -0.105. The molecule has 0 bridgehead atoms. The van der Waals surface area contributed by atoms with Crippen molar-refractivity contribution in [3.63, 3.8) is 0 Å². The zero-order chi connectivity index (χ0) is 9.94. The van der Waals surface area contributed by atoms with E-state index in [1.54, 1.807) is 6.26 Å². The van der Waals surface area contributed by atoms with Gasteiger partial charge in [-0.1, -0.05) is 26.2 Å². The topological polar surface area (TPSA) is 26.3 Å². The second kappa shape index (κ2) is 9.30. The Labute approximate surface area is 81.0 Å². The molecular formula is C11H20O2. The summed E-state index contributed by atoms with van der Waals surface area (Å²) in [7, 11) is 0. The van der Waals surface area contributed by atoms with Gasteiger partial charge in [0.05, 0.1) is 12.9 Å². The average molecular weight is 184 g/mol. The van der Waals surface area contributed by atoms with E-state index in [0.29, 0.717) is 6.61 Å². The number of aldehydes is 1. The largest absolute Gasteiger partial charge is 0.501 e. The lowest BCUT2D eigenvalue weighted by Gasteiger charge is -2.00. The fourth-order valence-corrected chi connectivity index (χ4v) is 1.09. The van der Waals surface area contributed by atoms with Crippen molar-refractivity contribution in [2.45, 2.75) is 46.0 Å². The lowest BCUT2D eigenvalue weighted by Crippen LogP contribution is -1.89. The summed E-state index contributed by atoms with van der Waals surface area (Å²) in [6, 6.07) is 0. The molecule has 0 aliphatic rings. The minimum atomic E-state index is 0.631. The van der Waals surface area contributed by atoms with Gasteiger partial charge in [0.15, 0.2) is 0 Å². The van der Waals surface area contributed by atoms with Gasteiger partial charge in [0.2, 0.25) is 0 Å². The summed E-state index contributed by atoms with van der Waals surface area (Å²) in [6.45, 7) is 4.72. The third-order valence-corrected chi connectivity index (χ3v) is 1.87. The third-order valence-electron chi connectivity index (χ3n) is 1.87. The van der Waals surface area contributed by atoms with Crippen LogP contribution in [0.4, 0.5) is 0 Å². The zero-order valence-electron chi connectivity index (χ0n) is 8.71. The summed E-state index contributed by atoms with van der Waals surface area (Å²) >= 11 is 0. The van der Waals surface area contributed by atoms with Crippen molar-refractivity contribution in [1.29, 1.82) is 0 Å². The minimum Gasteiger partial charge on any atom is -0.501 e. The van der Waals surface area contributed by atoms with E-state index in [-0.39, 0.29) is 0 Å². The van der Waals surface area contributed by atoms with E-state index in [1.165, 1.54) is 19.3 Å². The van der Waals surface area contributed by atoms with Gasteiger partial charge in [-0.05, 0) is 19.8 Å². The molecule has 0 aliphatic heterocycles. The Bertz CT molecular complexity index is 150. The Morgan fingerprint density at radius 2 is 2.00 bits per heavy atom. The van der Waals surface area contributed by atoms with Crippen LogP contribution in [0.1, 0.15) is 46.0 Å². The first kappa shape index (κ1) is 12.2. The summed E-state index contributed by atoms with van der Waals surface area (Å²) < 4.78 is 5.05. The van der Waals surface area contributed by atoms with Crippen LogP contribution in [-0.2, 0) is 9.53 Å². The second-order valence-electron chi connectivity index (χ2n) is 3.08. The van der Waals surface area contributed by atoms with Crippen LogP contribution in [0.25, 0.3) is 0 Å². The van der Waals surface area contributed by atoms with Crippen molar-refractivity contribution < 1.29 is 9.53 Å². The predicted octanol–water partition coefficient (Wildman–Crippen LogP) is 3.08. The summed E-state index contributed by atoms with van der Waals surface area (Å²) in [5.74, 6) is 0. The van der Waals surface area contributed by atoms with Crippen LogP contribution in [0.5, 0.6) is 0 Å². The van der Waals surface area contributed by atoms with E-state index < -0.39 is 0 Å². The molecule has 0 fully saturated rings. The number of rotatable bonds is 8. The van der Waals surface area contributed by atoms with Gasteiger partial charge in [-0.25, -0.2) is 0 Å². The SMILES string of the molecule is CCCCCC/C(C=O)=C/OCC. The maximum absolute atomic E-state index is 10.5. The molecule has 13 heavy (non-hydrogen) atoms. The normalized spacial score (nSPS) is 11.4. The highest BCUT2D eigenvalue weighted by atomic mass is 16.5. The molecule has 0 aromatic rings. The third kappa shape index (κ3) is 7.57. The van der Waals surface area contributed by atoms with Crippen LogP contribution in [0.3, 0.4) is 0 Å². The van der Waals surface area contributed by atoms with Crippen LogP contribution in [-0.4, -0.2) is 12.9 Å². The second-order valence-corrected chi connectivity index (χ2v) is 3.08. The molecule has 2 heteroatoms. The van der Waals surface area contributed by atoms with E-state index in [1.807, 2.05) is 6.92 Å². The first-order valence-electron chi connectivity index (χ1n) is 5.11. The molecule has 0 spiro atoms. The Morgan fingerprint density at radius 1 is 1.23 bits per heavy atom. The number of unbranched alkanes of at least 4 members (excludes halogenated alkanes) is 3. The average Bonchev–Trinajstić information content (AvgIpc) is 2.17. The number of hydrogen-bond acceptors (Lipinski definition) is 2. The highest BCUT2D eigenvalue weighted by Crippen LogP contribution is 2.08. The van der Waals surface area contributed by atoms with Gasteiger partial charge in [0.25, 0.3) is 0 Å². The summed E-state index contributed by atoms with van der Waals surface area (Å²) in [5, 5.41) is 0. The van der Waals surface area contributed by atoms with Crippen LogP contribution >= 0.6 is 0 Å². The molecule has 0 amide bonds. The first-order chi connectivity index (χ1) is 6.35. The molecule has 76 valence electrons. The molecule has 0 rings (SSSR count). The Kier molecular flexibility index (Phi) is 8.73. The number of carbonyl (C=O) groups is 1. The molecule has 2 nitrogen and oxygen atoms in total. The minimum absolute atomic E-state index is 0.631. The van der Waals surface area contributed by atoms with Gasteiger partial charge < -0.3 is 4.74 Å². The van der Waals surface area contributed by atoms with E-state index in [4.69, 9.17) is 4.74 Å². The van der Waals surface area contributed by atoms with Crippen LogP contribution < -0.4 is 0 Å². The number of hydrogen-bond donors (Lipinski definition) is 0. The highest BCUT2D eigenvalue weighted by molar-refractivity contribution is 5.72. The Hall–Kier alpha value is -0.790. The molecule has 0 radical (unpaired) electrons. The summed E-state index contributed by atoms with van der Waals surface area (Å²) in [6.07, 6.45) is 8.09. The van der Waals surface area contributed by atoms with Crippen LogP contribution in [0, 0.1) is 0 Å². The quantitative estimate of drug-likeness (QED) is 0.251. The van der Waals surface area contributed by atoms with Crippen molar-refractivity contribution in [2.24, 2.45) is 0 Å². The molecule has 0 aliphatic carbocycles. The van der Waals surface area contributed by atoms with Crippen molar-refractivity contribution in [1.82, 2.24) is 0 Å². The lowest BCUT2D eigenvalue weighted by atomic mass is 10.1. The van der Waals surface area contributed by atoms with Crippen molar-refractivity contribution >= 4 is 6.29 Å². The number of allylic oxidation sites excluding steroid dienone is 1. The zero-order valence-corrected chi connectivity index (χ0v) is 8.71.